The number of imidazole rings is 1. The Morgan fingerprint density at radius 1 is 1.83 bits per heavy atom. The average Bonchev–Trinajstić information content (AvgIpc) is 2.51. The van der Waals surface area contributed by atoms with E-state index in [1.54, 1.807) is 0 Å². The number of carbonyl (C=O) groups is 1. The Bertz CT molecular complexity index is 280. The largest absolute Gasteiger partial charge is 0.477 e. The Balaban J connectivity index is 2.84. The van der Waals surface area contributed by atoms with E-state index in [2.05, 4.69) is 9.97 Å². The average molecular weight is 168 g/mol. The van der Waals surface area contributed by atoms with Crippen LogP contribution in [0.2, 0.25) is 0 Å². The van der Waals surface area contributed by atoms with E-state index >= 15 is 0 Å². The van der Waals surface area contributed by atoms with Gasteiger partial charge < -0.3 is 10.1 Å². The molecule has 0 amide bonds. The first kappa shape index (κ1) is 8.77. The third kappa shape index (κ3) is 1.64. The first-order valence-corrected chi connectivity index (χ1v) is 3.93. The van der Waals surface area contributed by atoms with Gasteiger partial charge >= 0.3 is 5.97 Å². The van der Waals surface area contributed by atoms with E-state index in [1.807, 2.05) is 13.8 Å². The fourth-order valence-electron chi connectivity index (χ4n) is 0.889. The maximum Gasteiger partial charge on any atom is 0.353 e. The molecule has 1 atom stereocenters. The maximum atomic E-state index is 10.5. The minimum atomic E-state index is -0.961. The molecule has 0 aromatic carbocycles. The predicted molar refractivity (Wildman–Crippen MR) is 44.3 cm³/mol. The molecule has 66 valence electrons. The standard InChI is InChI=1S/C8H12N2O2/c1-3-5(2)7-9-4-6(10-7)8(11)12/h4-5H,3H2,1-2H3,(H,9,10)(H,11,12). The van der Waals surface area contributed by atoms with Crippen LogP contribution in [0.3, 0.4) is 0 Å². The van der Waals surface area contributed by atoms with Crippen molar-refractivity contribution in [2.24, 2.45) is 0 Å². The molecule has 0 fully saturated rings. The van der Waals surface area contributed by atoms with Gasteiger partial charge in [0, 0.05) is 5.92 Å². The Hall–Kier alpha value is -1.32. The first-order valence-electron chi connectivity index (χ1n) is 3.93. The summed E-state index contributed by atoms with van der Waals surface area (Å²) in [4.78, 5) is 17.2. The lowest BCUT2D eigenvalue weighted by atomic mass is 10.1. The van der Waals surface area contributed by atoms with Gasteiger partial charge in [-0.25, -0.2) is 9.78 Å². The summed E-state index contributed by atoms with van der Waals surface area (Å²) < 4.78 is 0. The molecule has 1 unspecified atom stereocenters. The second-order valence-electron chi connectivity index (χ2n) is 2.80. The van der Waals surface area contributed by atoms with Crippen LogP contribution in [0, 0.1) is 0 Å². The van der Waals surface area contributed by atoms with Gasteiger partial charge in [0.1, 0.15) is 11.5 Å². The van der Waals surface area contributed by atoms with E-state index in [9.17, 15) is 4.79 Å². The van der Waals surface area contributed by atoms with Gasteiger partial charge in [0.05, 0.1) is 6.20 Å². The second kappa shape index (κ2) is 3.38. The topological polar surface area (TPSA) is 66.0 Å². The van der Waals surface area contributed by atoms with Gasteiger partial charge in [-0.2, -0.15) is 0 Å². The Kier molecular flexibility index (Phi) is 2.47. The van der Waals surface area contributed by atoms with Crippen LogP contribution in [0.1, 0.15) is 42.5 Å². The Morgan fingerprint density at radius 2 is 2.50 bits per heavy atom. The van der Waals surface area contributed by atoms with Gasteiger partial charge in [0.25, 0.3) is 0 Å². The molecule has 1 aromatic rings. The number of nitrogens with zero attached hydrogens (tertiary/aromatic N) is 1. The van der Waals surface area contributed by atoms with Gasteiger partial charge in [0.2, 0.25) is 0 Å². The van der Waals surface area contributed by atoms with Crippen LogP contribution in [0.4, 0.5) is 0 Å². The van der Waals surface area contributed by atoms with Gasteiger partial charge in [-0.05, 0) is 6.42 Å². The maximum absolute atomic E-state index is 10.5. The van der Waals surface area contributed by atoms with Gasteiger partial charge in [-0.3, -0.25) is 0 Å². The second-order valence-corrected chi connectivity index (χ2v) is 2.80. The number of aromatic carboxylic acids is 1. The van der Waals surface area contributed by atoms with Crippen molar-refractivity contribution in [3.63, 3.8) is 0 Å². The monoisotopic (exact) mass is 168 g/mol. The molecular weight excluding hydrogens is 156 g/mol. The SMILES string of the molecule is CCC(C)c1ncc(C(=O)O)[nH]1. The molecule has 0 aliphatic carbocycles. The van der Waals surface area contributed by atoms with E-state index in [0.717, 1.165) is 12.2 Å². The zero-order valence-electron chi connectivity index (χ0n) is 7.16. The quantitative estimate of drug-likeness (QED) is 0.720. The molecule has 4 heteroatoms. The van der Waals surface area contributed by atoms with Crippen LogP contribution in [0.5, 0.6) is 0 Å². The van der Waals surface area contributed by atoms with Crippen molar-refractivity contribution in [1.82, 2.24) is 9.97 Å². The fourth-order valence-corrected chi connectivity index (χ4v) is 0.889. The lowest BCUT2D eigenvalue weighted by molar-refractivity contribution is 0.0691. The Morgan fingerprint density at radius 3 is 2.92 bits per heavy atom. The molecule has 0 saturated carbocycles. The molecule has 2 N–H and O–H groups in total. The molecule has 0 radical (unpaired) electrons. The highest BCUT2D eigenvalue weighted by Gasteiger charge is 2.10. The molecular formula is C8H12N2O2. The van der Waals surface area contributed by atoms with Crippen molar-refractivity contribution < 1.29 is 9.90 Å². The number of H-pyrrole nitrogens is 1. The minimum absolute atomic E-state index is 0.158. The van der Waals surface area contributed by atoms with Crippen LogP contribution in [-0.2, 0) is 0 Å². The number of hydrogen-bond donors (Lipinski definition) is 2. The van der Waals surface area contributed by atoms with Crippen LogP contribution >= 0.6 is 0 Å². The van der Waals surface area contributed by atoms with Crippen molar-refractivity contribution >= 4 is 5.97 Å². The van der Waals surface area contributed by atoms with Gasteiger partial charge in [-0.15, -0.1) is 0 Å². The fraction of sp³-hybridized carbons (Fsp3) is 0.500. The zero-order chi connectivity index (χ0) is 9.14. The van der Waals surface area contributed by atoms with Crippen molar-refractivity contribution in [3.8, 4) is 0 Å². The molecule has 1 aromatic heterocycles. The third-order valence-electron chi connectivity index (χ3n) is 1.91. The molecule has 0 aliphatic heterocycles. The normalized spacial score (nSPS) is 12.8. The number of aromatic amines is 1. The summed E-state index contributed by atoms with van der Waals surface area (Å²) in [6, 6.07) is 0. The van der Waals surface area contributed by atoms with E-state index in [1.165, 1.54) is 6.20 Å². The van der Waals surface area contributed by atoms with Crippen molar-refractivity contribution in [2.45, 2.75) is 26.2 Å². The number of rotatable bonds is 3. The summed E-state index contributed by atoms with van der Waals surface area (Å²) in [6.45, 7) is 4.04. The zero-order valence-corrected chi connectivity index (χ0v) is 7.16. The number of hydrogen-bond acceptors (Lipinski definition) is 2. The smallest absolute Gasteiger partial charge is 0.353 e. The predicted octanol–water partition coefficient (Wildman–Crippen LogP) is 1.62. The summed E-state index contributed by atoms with van der Waals surface area (Å²) in [7, 11) is 0. The molecule has 0 aliphatic rings. The number of nitrogens with one attached hydrogen (secondary N) is 1. The lowest BCUT2D eigenvalue weighted by Crippen LogP contribution is -1.98. The van der Waals surface area contributed by atoms with Crippen molar-refractivity contribution in [2.75, 3.05) is 0 Å². The highest BCUT2D eigenvalue weighted by Crippen LogP contribution is 2.14. The van der Waals surface area contributed by atoms with E-state index in [4.69, 9.17) is 5.11 Å². The molecule has 1 heterocycles. The van der Waals surface area contributed by atoms with Crippen LogP contribution in [0.15, 0.2) is 6.20 Å². The van der Waals surface area contributed by atoms with E-state index in [0.29, 0.717) is 0 Å². The Labute approximate surface area is 70.6 Å². The van der Waals surface area contributed by atoms with E-state index < -0.39 is 5.97 Å². The van der Waals surface area contributed by atoms with Crippen molar-refractivity contribution in [3.05, 3.63) is 17.7 Å². The number of aromatic nitrogens is 2. The van der Waals surface area contributed by atoms with Gasteiger partial charge in [-0.1, -0.05) is 13.8 Å². The molecule has 4 nitrogen and oxygen atoms in total. The highest BCUT2D eigenvalue weighted by molar-refractivity contribution is 5.85. The highest BCUT2D eigenvalue weighted by atomic mass is 16.4. The molecule has 0 bridgehead atoms. The molecule has 0 saturated heterocycles. The first-order chi connectivity index (χ1) is 5.65. The third-order valence-corrected chi connectivity index (χ3v) is 1.91. The summed E-state index contributed by atoms with van der Waals surface area (Å²) in [5.74, 6) is 0.0741. The van der Waals surface area contributed by atoms with Gasteiger partial charge in [0.15, 0.2) is 0 Å². The van der Waals surface area contributed by atoms with Crippen LogP contribution in [0.25, 0.3) is 0 Å². The van der Waals surface area contributed by atoms with Crippen molar-refractivity contribution in [1.29, 1.82) is 0 Å². The molecule has 0 spiro atoms. The number of carboxylic acid groups (broad SMARTS) is 1. The van der Waals surface area contributed by atoms with E-state index in [-0.39, 0.29) is 11.6 Å². The summed E-state index contributed by atoms with van der Waals surface area (Å²) >= 11 is 0. The summed E-state index contributed by atoms with van der Waals surface area (Å²) in [5.41, 5.74) is 0.158. The molecule has 12 heavy (non-hydrogen) atoms. The lowest BCUT2D eigenvalue weighted by Gasteiger charge is -2.01. The number of carboxylic acids is 1. The summed E-state index contributed by atoms with van der Waals surface area (Å²) in [6.07, 6.45) is 2.30. The minimum Gasteiger partial charge on any atom is -0.477 e. The van der Waals surface area contributed by atoms with Crippen LogP contribution < -0.4 is 0 Å². The molecule has 1 rings (SSSR count). The summed E-state index contributed by atoms with van der Waals surface area (Å²) in [5, 5.41) is 8.58. The van der Waals surface area contributed by atoms with Crippen LogP contribution in [-0.4, -0.2) is 21.0 Å².